The molecular weight excluding hydrogens is 228 g/mol. The lowest BCUT2D eigenvalue weighted by Gasteiger charge is -2.39. The van der Waals surface area contributed by atoms with Gasteiger partial charge in [0, 0.05) is 38.9 Å². The van der Waals surface area contributed by atoms with Crippen LogP contribution >= 0.6 is 0 Å². The van der Waals surface area contributed by atoms with Gasteiger partial charge in [0.1, 0.15) is 5.69 Å². The van der Waals surface area contributed by atoms with E-state index in [4.69, 9.17) is 0 Å². The summed E-state index contributed by atoms with van der Waals surface area (Å²) in [4.78, 5) is 14.9. The van der Waals surface area contributed by atoms with Crippen LogP contribution in [0, 0.1) is 0 Å². The quantitative estimate of drug-likeness (QED) is 0.802. The van der Waals surface area contributed by atoms with Gasteiger partial charge in [0.05, 0.1) is 5.54 Å². The molecular formula is C13H22N4O. The highest BCUT2D eigenvalue weighted by molar-refractivity contribution is 6.01. The first-order chi connectivity index (χ1) is 8.57. The number of rotatable bonds is 4. The summed E-state index contributed by atoms with van der Waals surface area (Å²) >= 11 is 0. The van der Waals surface area contributed by atoms with Crippen molar-refractivity contribution in [3.8, 4) is 0 Å². The summed E-state index contributed by atoms with van der Waals surface area (Å²) < 4.78 is 1.77. The zero-order valence-electron chi connectivity index (χ0n) is 11.4. The first kappa shape index (κ1) is 13.2. The normalized spacial score (nSPS) is 17.9. The fourth-order valence-corrected chi connectivity index (χ4v) is 2.46. The zero-order chi connectivity index (χ0) is 13.2. The summed E-state index contributed by atoms with van der Waals surface area (Å²) in [7, 11) is 0. The number of carbonyl (C=O) groups is 1. The number of carbonyl (C=O) groups excluding carboxylic acids is 1. The van der Waals surface area contributed by atoms with Crippen LogP contribution in [0.25, 0.3) is 0 Å². The molecule has 1 fully saturated rings. The zero-order valence-corrected chi connectivity index (χ0v) is 11.4. The van der Waals surface area contributed by atoms with Gasteiger partial charge in [-0.2, -0.15) is 5.10 Å². The minimum Gasteiger partial charge on any atom is -0.314 e. The Hall–Kier alpha value is -1.20. The maximum Gasteiger partial charge on any atom is 0.200 e. The van der Waals surface area contributed by atoms with Crippen molar-refractivity contribution in [2.24, 2.45) is 0 Å². The van der Waals surface area contributed by atoms with Crippen LogP contribution in [-0.4, -0.2) is 52.2 Å². The van der Waals surface area contributed by atoms with Crippen molar-refractivity contribution in [3.05, 3.63) is 18.0 Å². The molecule has 18 heavy (non-hydrogen) atoms. The number of ketones is 1. The van der Waals surface area contributed by atoms with Gasteiger partial charge in [-0.05, 0) is 26.8 Å². The lowest BCUT2D eigenvalue weighted by molar-refractivity contribution is 0.0591. The van der Waals surface area contributed by atoms with Gasteiger partial charge < -0.3 is 5.32 Å². The van der Waals surface area contributed by atoms with E-state index >= 15 is 0 Å². The molecule has 1 saturated heterocycles. The van der Waals surface area contributed by atoms with E-state index in [0.29, 0.717) is 5.69 Å². The second-order valence-corrected chi connectivity index (χ2v) is 5.16. The monoisotopic (exact) mass is 250 g/mol. The average molecular weight is 250 g/mol. The van der Waals surface area contributed by atoms with Crippen molar-refractivity contribution in [2.75, 3.05) is 26.2 Å². The van der Waals surface area contributed by atoms with Crippen LogP contribution in [0.5, 0.6) is 0 Å². The summed E-state index contributed by atoms with van der Waals surface area (Å²) in [5.74, 6) is 0.156. The number of Topliss-reactive ketones (excluding diaryl/α,β-unsaturated/α-hetero) is 1. The third-order valence-electron chi connectivity index (χ3n) is 3.71. The number of nitrogens with zero attached hydrogens (tertiary/aromatic N) is 3. The number of piperazine rings is 1. The molecule has 0 amide bonds. The van der Waals surface area contributed by atoms with Gasteiger partial charge in [-0.15, -0.1) is 0 Å². The number of nitrogens with one attached hydrogen (secondary N) is 1. The van der Waals surface area contributed by atoms with Crippen LogP contribution in [0.1, 0.15) is 31.3 Å². The Balaban J connectivity index is 2.20. The first-order valence-electron chi connectivity index (χ1n) is 6.59. The summed E-state index contributed by atoms with van der Waals surface area (Å²) in [5.41, 5.74) is 0.246. The van der Waals surface area contributed by atoms with Crippen molar-refractivity contribution in [1.29, 1.82) is 0 Å². The molecule has 0 radical (unpaired) electrons. The summed E-state index contributed by atoms with van der Waals surface area (Å²) in [6.07, 6.45) is 1.70. The molecule has 1 N–H and O–H groups in total. The standard InChI is InChI=1S/C13H22N4O/c1-4-17-11(5-6-15-17)12(18)13(2,3)16-9-7-14-8-10-16/h5-6,14H,4,7-10H2,1-3H3. The fraction of sp³-hybridized carbons (Fsp3) is 0.692. The minimum atomic E-state index is -0.463. The van der Waals surface area contributed by atoms with Gasteiger partial charge in [0.2, 0.25) is 0 Å². The van der Waals surface area contributed by atoms with E-state index in [1.165, 1.54) is 0 Å². The van der Waals surface area contributed by atoms with Gasteiger partial charge in [-0.3, -0.25) is 14.4 Å². The predicted octanol–water partition coefficient (Wildman–Crippen LogP) is 0.770. The molecule has 0 aliphatic carbocycles. The largest absolute Gasteiger partial charge is 0.314 e. The molecule has 2 rings (SSSR count). The Morgan fingerprint density at radius 2 is 2.11 bits per heavy atom. The molecule has 1 aromatic heterocycles. The van der Waals surface area contributed by atoms with Crippen molar-refractivity contribution < 1.29 is 4.79 Å². The van der Waals surface area contributed by atoms with E-state index in [1.54, 1.807) is 10.9 Å². The summed E-state index contributed by atoms with van der Waals surface area (Å²) in [6.45, 7) is 10.5. The number of hydrogen-bond donors (Lipinski definition) is 1. The SMILES string of the molecule is CCn1nccc1C(=O)C(C)(C)N1CCNCC1. The summed E-state index contributed by atoms with van der Waals surface area (Å²) in [5, 5.41) is 7.49. The van der Waals surface area contributed by atoms with E-state index in [9.17, 15) is 4.79 Å². The molecule has 100 valence electrons. The van der Waals surface area contributed by atoms with Crippen LogP contribution in [0.3, 0.4) is 0 Å². The van der Waals surface area contributed by atoms with E-state index < -0.39 is 5.54 Å². The van der Waals surface area contributed by atoms with Crippen molar-refractivity contribution in [1.82, 2.24) is 20.0 Å². The van der Waals surface area contributed by atoms with Crippen molar-refractivity contribution in [2.45, 2.75) is 32.9 Å². The third kappa shape index (κ3) is 2.33. The Morgan fingerprint density at radius 3 is 2.72 bits per heavy atom. The van der Waals surface area contributed by atoms with Gasteiger partial charge in [0.25, 0.3) is 0 Å². The molecule has 1 aliphatic rings. The molecule has 2 heterocycles. The smallest absolute Gasteiger partial charge is 0.200 e. The maximum absolute atomic E-state index is 12.7. The molecule has 0 spiro atoms. The van der Waals surface area contributed by atoms with Crippen LogP contribution in [0.2, 0.25) is 0 Å². The average Bonchev–Trinajstić information content (AvgIpc) is 2.87. The van der Waals surface area contributed by atoms with Gasteiger partial charge in [-0.25, -0.2) is 0 Å². The van der Waals surface area contributed by atoms with Crippen LogP contribution in [-0.2, 0) is 6.54 Å². The molecule has 0 bridgehead atoms. The van der Waals surface area contributed by atoms with Crippen molar-refractivity contribution in [3.63, 3.8) is 0 Å². The van der Waals surface area contributed by atoms with Crippen molar-refractivity contribution >= 4 is 5.78 Å². The summed E-state index contributed by atoms with van der Waals surface area (Å²) in [6, 6.07) is 1.82. The van der Waals surface area contributed by atoms with E-state index in [2.05, 4.69) is 15.3 Å². The van der Waals surface area contributed by atoms with Gasteiger partial charge >= 0.3 is 0 Å². The molecule has 0 atom stereocenters. The number of hydrogen-bond acceptors (Lipinski definition) is 4. The fourth-order valence-electron chi connectivity index (χ4n) is 2.46. The second-order valence-electron chi connectivity index (χ2n) is 5.16. The predicted molar refractivity (Wildman–Crippen MR) is 70.8 cm³/mol. The van der Waals surface area contributed by atoms with E-state index in [1.807, 2.05) is 26.8 Å². The second kappa shape index (κ2) is 5.20. The topological polar surface area (TPSA) is 50.2 Å². The molecule has 0 unspecified atom stereocenters. The van der Waals surface area contributed by atoms with Gasteiger partial charge in [0.15, 0.2) is 5.78 Å². The Morgan fingerprint density at radius 1 is 1.44 bits per heavy atom. The van der Waals surface area contributed by atoms with E-state index in [-0.39, 0.29) is 5.78 Å². The molecule has 1 aliphatic heterocycles. The number of aryl methyl sites for hydroxylation is 1. The molecule has 5 nitrogen and oxygen atoms in total. The van der Waals surface area contributed by atoms with Crippen LogP contribution in [0.4, 0.5) is 0 Å². The van der Waals surface area contributed by atoms with Crippen LogP contribution < -0.4 is 5.32 Å². The molecule has 5 heteroatoms. The maximum atomic E-state index is 12.7. The first-order valence-corrected chi connectivity index (χ1v) is 6.59. The highest BCUT2D eigenvalue weighted by Gasteiger charge is 2.36. The Labute approximate surface area is 108 Å². The van der Waals surface area contributed by atoms with E-state index in [0.717, 1.165) is 32.7 Å². The Bertz CT molecular complexity index is 418. The molecule has 0 saturated carbocycles. The minimum absolute atomic E-state index is 0.156. The molecule has 1 aromatic rings. The van der Waals surface area contributed by atoms with Gasteiger partial charge in [-0.1, -0.05) is 0 Å². The Kier molecular flexibility index (Phi) is 3.82. The third-order valence-corrected chi connectivity index (χ3v) is 3.71. The molecule has 0 aromatic carbocycles. The van der Waals surface area contributed by atoms with Crippen LogP contribution in [0.15, 0.2) is 12.3 Å². The lowest BCUT2D eigenvalue weighted by Crippen LogP contribution is -2.57. The number of aromatic nitrogens is 2. The highest BCUT2D eigenvalue weighted by Crippen LogP contribution is 2.21. The highest BCUT2D eigenvalue weighted by atomic mass is 16.1. The lowest BCUT2D eigenvalue weighted by atomic mass is 9.93.